The van der Waals surface area contributed by atoms with Gasteiger partial charge in [-0.05, 0) is 23.3 Å². The first kappa shape index (κ1) is 25.3. The highest BCUT2D eigenvalue weighted by Crippen LogP contribution is 2.29. The van der Waals surface area contributed by atoms with Crippen molar-refractivity contribution in [3.63, 3.8) is 0 Å². The van der Waals surface area contributed by atoms with E-state index in [2.05, 4.69) is 27.9 Å². The first-order valence-electron chi connectivity index (χ1n) is 12.1. The van der Waals surface area contributed by atoms with Crippen molar-refractivity contribution in [3.8, 4) is 0 Å². The number of piperazine rings is 1. The number of rotatable bonds is 7. The van der Waals surface area contributed by atoms with Gasteiger partial charge < -0.3 is 19.5 Å². The molecule has 0 radical (unpaired) electrons. The van der Waals surface area contributed by atoms with E-state index in [-0.39, 0.29) is 37.5 Å². The summed E-state index contributed by atoms with van der Waals surface area (Å²) in [6, 6.07) is 21.9. The molecule has 1 N–H and O–H groups in total. The Morgan fingerprint density at radius 1 is 0.973 bits per heavy atom. The summed E-state index contributed by atoms with van der Waals surface area (Å²) in [5.74, 6) is 0.325. The van der Waals surface area contributed by atoms with Gasteiger partial charge in [0.15, 0.2) is 0 Å². The molecule has 1 aromatic heterocycles. The molecule has 0 bridgehead atoms. The minimum absolute atomic E-state index is 0.0228. The number of hydrazine groups is 1. The van der Waals surface area contributed by atoms with Gasteiger partial charge in [-0.2, -0.15) is 5.01 Å². The van der Waals surface area contributed by atoms with Gasteiger partial charge in [0.05, 0.1) is 30.4 Å². The topological polar surface area (TPSA) is 89.3 Å². The smallest absolute Gasteiger partial charge is 0.334 e. The van der Waals surface area contributed by atoms with Gasteiger partial charge in [-0.3, -0.25) is 9.59 Å². The number of alkyl halides is 1. The molecule has 5 rings (SSSR count). The summed E-state index contributed by atoms with van der Waals surface area (Å²) in [6.07, 6.45) is 1.29. The number of halogens is 1. The Kier molecular flexibility index (Phi) is 7.75. The van der Waals surface area contributed by atoms with Crippen LogP contribution in [0.3, 0.4) is 0 Å². The molecule has 0 saturated carbocycles. The Morgan fingerprint density at radius 3 is 2.32 bits per heavy atom. The first-order valence-corrected chi connectivity index (χ1v) is 13.7. The molecule has 3 aromatic rings. The Bertz CT molecular complexity index is 1220. The summed E-state index contributed by atoms with van der Waals surface area (Å²) in [5, 5.41) is 6.35. The quantitative estimate of drug-likeness (QED) is 0.251. The van der Waals surface area contributed by atoms with Gasteiger partial charge in [0, 0.05) is 13.0 Å². The number of amides is 4. The fraction of sp³-hybridized carbons (Fsp3) is 0.296. The van der Waals surface area contributed by atoms with Crippen molar-refractivity contribution in [3.05, 3.63) is 95.9 Å². The number of carbonyl (C=O) groups excluding carboxylic acids is 3. The van der Waals surface area contributed by atoms with Gasteiger partial charge in [0.2, 0.25) is 11.8 Å². The second-order valence-electron chi connectivity index (χ2n) is 9.06. The van der Waals surface area contributed by atoms with E-state index in [0.717, 1.165) is 11.1 Å². The molecule has 2 aliphatic rings. The van der Waals surface area contributed by atoms with Gasteiger partial charge in [-0.25, -0.2) is 9.80 Å². The van der Waals surface area contributed by atoms with E-state index in [1.54, 1.807) is 32.1 Å². The Balaban J connectivity index is 1.46. The number of hydrogen-bond donors (Lipinski definition) is 1. The van der Waals surface area contributed by atoms with Crippen molar-refractivity contribution in [2.45, 2.75) is 31.7 Å². The highest BCUT2D eigenvalue weighted by atomic mass is 127. The van der Waals surface area contributed by atoms with Gasteiger partial charge in [-0.15, -0.1) is 0 Å². The van der Waals surface area contributed by atoms with Crippen LogP contribution in [-0.2, 0) is 29.1 Å². The predicted molar refractivity (Wildman–Crippen MR) is 145 cm³/mol. The molecule has 3 heterocycles. The van der Waals surface area contributed by atoms with Crippen molar-refractivity contribution in [2.24, 2.45) is 0 Å². The lowest BCUT2D eigenvalue weighted by molar-refractivity contribution is -0.188. The standard InChI is InChI=1S/C27H28IN5O4/c28-19-31-18-25(34)32-23(14-20-8-3-1-4-9-20)26(35)30(16-22-12-7-13-37-22)17-24(32)33(31)27(36)29-15-21-10-5-2-6-11-21/h1-13,23-24H,14-19H2,(H,29,36)/t23-,24-/m0/s1. The summed E-state index contributed by atoms with van der Waals surface area (Å²) in [4.78, 5) is 44.1. The van der Waals surface area contributed by atoms with E-state index in [1.807, 2.05) is 66.7 Å². The van der Waals surface area contributed by atoms with Crippen molar-refractivity contribution in [2.75, 3.05) is 17.6 Å². The zero-order valence-corrected chi connectivity index (χ0v) is 22.4. The maximum absolute atomic E-state index is 13.8. The SMILES string of the molecule is O=C1[C@H](Cc2ccccc2)N2C(=O)CN(CI)N(C(=O)NCc3ccccc3)[C@H]2CN1Cc1ccco1. The fourth-order valence-corrected chi connectivity index (χ4v) is 5.49. The van der Waals surface area contributed by atoms with Crippen molar-refractivity contribution >= 4 is 40.4 Å². The lowest BCUT2D eigenvalue weighted by Crippen LogP contribution is -2.76. The normalized spacial score (nSPS) is 20.2. The maximum atomic E-state index is 13.8. The molecule has 2 aromatic carbocycles. The van der Waals surface area contributed by atoms with Gasteiger partial charge in [0.25, 0.3) is 0 Å². The third-order valence-corrected chi connectivity index (χ3v) is 7.45. The number of furan rings is 1. The van der Waals surface area contributed by atoms with E-state index in [0.29, 0.717) is 23.3 Å². The summed E-state index contributed by atoms with van der Waals surface area (Å²) >= 11 is 2.16. The van der Waals surface area contributed by atoms with E-state index in [4.69, 9.17) is 4.42 Å². The number of carbonyl (C=O) groups is 3. The van der Waals surface area contributed by atoms with Crippen molar-refractivity contribution in [1.29, 1.82) is 0 Å². The molecule has 9 nitrogen and oxygen atoms in total. The van der Waals surface area contributed by atoms with Gasteiger partial charge >= 0.3 is 6.03 Å². The minimum atomic E-state index is -0.732. The van der Waals surface area contributed by atoms with E-state index < -0.39 is 12.2 Å². The summed E-state index contributed by atoms with van der Waals surface area (Å²) in [5.41, 5.74) is 1.92. The number of urea groups is 1. The largest absolute Gasteiger partial charge is 0.467 e. The van der Waals surface area contributed by atoms with Gasteiger partial charge in [-0.1, -0.05) is 83.3 Å². The molecule has 192 valence electrons. The number of benzene rings is 2. The maximum Gasteiger partial charge on any atom is 0.334 e. The predicted octanol–water partition coefficient (Wildman–Crippen LogP) is 3.22. The van der Waals surface area contributed by atoms with Crippen LogP contribution in [0.1, 0.15) is 16.9 Å². The Labute approximate surface area is 229 Å². The average molecular weight is 613 g/mol. The number of nitrogens with one attached hydrogen (secondary N) is 1. The highest BCUT2D eigenvalue weighted by molar-refractivity contribution is 14.1. The Hall–Kier alpha value is -3.38. The molecule has 10 heteroatoms. The molecular formula is C27H28IN5O4. The van der Waals surface area contributed by atoms with Crippen molar-refractivity contribution in [1.82, 2.24) is 25.1 Å². The van der Waals surface area contributed by atoms with Crippen LogP contribution in [0.15, 0.2) is 83.5 Å². The second kappa shape index (κ2) is 11.3. The third kappa shape index (κ3) is 5.49. The zero-order chi connectivity index (χ0) is 25.8. The van der Waals surface area contributed by atoms with Crippen LogP contribution < -0.4 is 5.32 Å². The molecule has 0 unspecified atom stereocenters. The summed E-state index contributed by atoms with van der Waals surface area (Å²) < 4.78 is 5.97. The Morgan fingerprint density at radius 2 is 1.68 bits per heavy atom. The van der Waals surface area contributed by atoms with Crippen LogP contribution in [0.5, 0.6) is 0 Å². The van der Waals surface area contributed by atoms with E-state index >= 15 is 0 Å². The van der Waals surface area contributed by atoms with Crippen molar-refractivity contribution < 1.29 is 18.8 Å². The monoisotopic (exact) mass is 613 g/mol. The lowest BCUT2D eigenvalue weighted by Gasteiger charge is -2.54. The molecule has 2 aliphatic heterocycles. The zero-order valence-electron chi connectivity index (χ0n) is 20.2. The molecule has 2 atom stereocenters. The summed E-state index contributed by atoms with van der Waals surface area (Å²) in [6.45, 7) is 0.825. The lowest BCUT2D eigenvalue weighted by atomic mass is 9.99. The van der Waals surface area contributed by atoms with E-state index in [9.17, 15) is 14.4 Å². The highest BCUT2D eigenvalue weighted by Gasteiger charge is 2.51. The number of nitrogens with zero attached hydrogens (tertiary/aromatic N) is 4. The van der Waals surface area contributed by atoms with Crippen LogP contribution in [0.4, 0.5) is 4.79 Å². The summed E-state index contributed by atoms with van der Waals surface area (Å²) in [7, 11) is 0. The fourth-order valence-electron chi connectivity index (χ4n) is 4.92. The van der Waals surface area contributed by atoms with Crippen LogP contribution in [-0.4, -0.2) is 67.5 Å². The van der Waals surface area contributed by atoms with Crippen LogP contribution in [0, 0.1) is 0 Å². The van der Waals surface area contributed by atoms with Crippen LogP contribution in [0.25, 0.3) is 0 Å². The number of fused-ring (bicyclic) bond motifs is 1. The third-order valence-electron chi connectivity index (χ3n) is 6.66. The second-order valence-corrected chi connectivity index (χ2v) is 9.74. The first-order chi connectivity index (χ1) is 18.0. The minimum Gasteiger partial charge on any atom is -0.467 e. The average Bonchev–Trinajstić information content (AvgIpc) is 3.43. The van der Waals surface area contributed by atoms with Crippen LogP contribution in [0.2, 0.25) is 0 Å². The van der Waals surface area contributed by atoms with Gasteiger partial charge in [0.1, 0.15) is 18.0 Å². The molecular weight excluding hydrogens is 585 g/mol. The number of hydrogen-bond acceptors (Lipinski definition) is 5. The molecule has 37 heavy (non-hydrogen) atoms. The van der Waals surface area contributed by atoms with Crippen LogP contribution >= 0.6 is 22.6 Å². The molecule has 0 aliphatic carbocycles. The molecule has 4 amide bonds. The van der Waals surface area contributed by atoms with E-state index in [1.165, 1.54) is 0 Å². The molecule has 2 saturated heterocycles. The molecule has 0 spiro atoms. The molecule has 2 fully saturated rings.